The monoisotopic (exact) mass is 841 g/mol. The summed E-state index contributed by atoms with van der Waals surface area (Å²) in [7, 11) is 0. The number of nitrogens with zero attached hydrogens (tertiary/aromatic N) is 1. The molecule has 0 amide bonds. The minimum Gasteiger partial charge on any atom is -0.310 e. The van der Waals surface area contributed by atoms with Crippen LogP contribution in [0.3, 0.4) is 0 Å². The molecule has 0 fully saturated rings. The van der Waals surface area contributed by atoms with E-state index < -0.39 is 10.8 Å². The summed E-state index contributed by atoms with van der Waals surface area (Å²) in [6.07, 6.45) is 0. The molecule has 1 spiro atoms. The first-order valence-corrected chi connectivity index (χ1v) is 23.3. The lowest BCUT2D eigenvalue weighted by molar-refractivity contribution is 0.563. The molecular formula is C65H47N. The quantitative estimate of drug-likeness (QED) is 0.161. The molecule has 0 bridgehead atoms. The van der Waals surface area contributed by atoms with Crippen molar-refractivity contribution in [2.24, 2.45) is 0 Å². The summed E-state index contributed by atoms with van der Waals surface area (Å²) in [6.45, 7) is 4.78. The molecular weight excluding hydrogens is 795 g/mol. The first kappa shape index (κ1) is 38.5. The summed E-state index contributed by atoms with van der Waals surface area (Å²) in [5.41, 5.74) is 22.9. The Labute approximate surface area is 388 Å². The van der Waals surface area contributed by atoms with Crippen LogP contribution in [0.25, 0.3) is 33.4 Å². The zero-order chi connectivity index (χ0) is 44.0. The summed E-state index contributed by atoms with van der Waals surface area (Å²) < 4.78 is 0. The van der Waals surface area contributed by atoms with Crippen LogP contribution in [-0.4, -0.2) is 0 Å². The molecule has 0 heterocycles. The lowest BCUT2D eigenvalue weighted by atomic mass is 9.55. The van der Waals surface area contributed by atoms with E-state index in [1.807, 2.05) is 0 Å². The van der Waals surface area contributed by atoms with E-state index in [1.165, 1.54) is 89.0 Å². The molecule has 0 aromatic heterocycles. The molecule has 312 valence electrons. The van der Waals surface area contributed by atoms with Gasteiger partial charge >= 0.3 is 0 Å². The zero-order valence-corrected chi connectivity index (χ0v) is 37.1. The highest BCUT2D eigenvalue weighted by molar-refractivity contribution is 5.94. The Hall–Kier alpha value is -8.00. The molecule has 0 saturated heterocycles. The van der Waals surface area contributed by atoms with Gasteiger partial charge in [0.25, 0.3) is 0 Å². The number of rotatable bonds is 6. The second kappa shape index (κ2) is 14.5. The van der Waals surface area contributed by atoms with Crippen LogP contribution in [0.4, 0.5) is 17.1 Å². The van der Waals surface area contributed by atoms with E-state index in [9.17, 15) is 0 Å². The lowest BCUT2D eigenvalue weighted by Gasteiger charge is -2.46. The van der Waals surface area contributed by atoms with Gasteiger partial charge in [0.05, 0.1) is 10.8 Å². The maximum atomic E-state index is 2.50. The summed E-state index contributed by atoms with van der Waals surface area (Å²) in [5, 5.41) is 0. The molecule has 1 heteroatoms. The van der Waals surface area contributed by atoms with Crippen molar-refractivity contribution >= 4 is 17.1 Å². The van der Waals surface area contributed by atoms with E-state index >= 15 is 0 Å². The van der Waals surface area contributed by atoms with Gasteiger partial charge in [0.2, 0.25) is 0 Å². The highest BCUT2D eigenvalue weighted by atomic mass is 15.1. The third-order valence-electron chi connectivity index (χ3n) is 15.2. The first-order chi connectivity index (χ1) is 32.5. The van der Waals surface area contributed by atoms with Crippen molar-refractivity contribution in [3.8, 4) is 33.4 Å². The van der Waals surface area contributed by atoms with Gasteiger partial charge in [-0.25, -0.2) is 0 Å². The van der Waals surface area contributed by atoms with Crippen LogP contribution in [0.15, 0.2) is 249 Å². The predicted molar refractivity (Wildman–Crippen MR) is 273 cm³/mol. The average Bonchev–Trinajstić information content (AvgIpc) is 3.85. The molecule has 0 N–H and O–H groups in total. The maximum Gasteiger partial charge on any atom is 0.0719 e. The van der Waals surface area contributed by atoms with Gasteiger partial charge in [-0.05, 0) is 125 Å². The molecule has 0 unspecified atom stereocenters. The maximum absolute atomic E-state index is 2.50. The van der Waals surface area contributed by atoms with Crippen LogP contribution < -0.4 is 4.90 Å². The summed E-state index contributed by atoms with van der Waals surface area (Å²) >= 11 is 0. The molecule has 66 heavy (non-hydrogen) atoms. The average molecular weight is 842 g/mol. The molecule has 0 saturated carbocycles. The fraction of sp³-hybridized carbons (Fsp3) is 0.0769. The molecule has 13 rings (SSSR count). The van der Waals surface area contributed by atoms with Gasteiger partial charge in [0, 0.05) is 22.5 Å². The van der Waals surface area contributed by atoms with Crippen LogP contribution in [0.5, 0.6) is 0 Å². The smallest absolute Gasteiger partial charge is 0.0719 e. The summed E-state index contributed by atoms with van der Waals surface area (Å²) in [6, 6.07) is 93.2. The fourth-order valence-electron chi connectivity index (χ4n) is 12.5. The Balaban J connectivity index is 1.08. The topological polar surface area (TPSA) is 3.24 Å². The van der Waals surface area contributed by atoms with Gasteiger partial charge in [-0.2, -0.15) is 0 Å². The third-order valence-corrected chi connectivity index (χ3v) is 15.2. The van der Waals surface area contributed by atoms with Crippen molar-refractivity contribution in [1.82, 2.24) is 0 Å². The number of hydrogen-bond donors (Lipinski definition) is 0. The molecule has 3 aliphatic carbocycles. The molecule has 3 aliphatic rings. The van der Waals surface area contributed by atoms with E-state index in [2.05, 4.69) is 267 Å². The molecule has 10 aromatic rings. The second-order valence-electron chi connectivity index (χ2n) is 18.8. The molecule has 0 atom stereocenters. The van der Waals surface area contributed by atoms with Gasteiger partial charge in [-0.15, -0.1) is 0 Å². The van der Waals surface area contributed by atoms with Crippen LogP contribution in [0.1, 0.15) is 69.5 Å². The van der Waals surface area contributed by atoms with Crippen LogP contribution >= 0.6 is 0 Å². The normalized spacial score (nSPS) is 14.9. The van der Waals surface area contributed by atoms with Crippen molar-refractivity contribution in [1.29, 1.82) is 0 Å². The van der Waals surface area contributed by atoms with Gasteiger partial charge in [0.1, 0.15) is 0 Å². The molecule has 0 aliphatic heterocycles. The van der Waals surface area contributed by atoms with Gasteiger partial charge in [-0.3, -0.25) is 0 Å². The Morgan fingerprint density at radius 1 is 0.258 bits per heavy atom. The Morgan fingerprint density at radius 3 is 1.30 bits per heavy atom. The predicted octanol–water partition coefficient (Wildman–Crippen LogP) is 16.2. The van der Waals surface area contributed by atoms with E-state index in [0.29, 0.717) is 0 Å². The highest BCUT2D eigenvalue weighted by Crippen LogP contribution is 2.63. The Bertz CT molecular complexity index is 3420. The van der Waals surface area contributed by atoms with Crippen LogP contribution in [0, 0.1) is 0 Å². The van der Waals surface area contributed by atoms with Crippen LogP contribution in [-0.2, 0) is 16.2 Å². The fourth-order valence-corrected chi connectivity index (χ4v) is 12.5. The lowest BCUT2D eigenvalue weighted by Crippen LogP contribution is -2.40. The van der Waals surface area contributed by atoms with Crippen LogP contribution in [0.2, 0.25) is 0 Å². The van der Waals surface area contributed by atoms with E-state index in [-0.39, 0.29) is 5.41 Å². The third kappa shape index (κ3) is 5.23. The van der Waals surface area contributed by atoms with Crippen molar-refractivity contribution in [2.75, 3.05) is 4.90 Å². The van der Waals surface area contributed by atoms with Crippen molar-refractivity contribution < 1.29 is 0 Å². The van der Waals surface area contributed by atoms with E-state index in [1.54, 1.807) is 0 Å². The summed E-state index contributed by atoms with van der Waals surface area (Å²) in [5.74, 6) is 0. The Morgan fingerprint density at radius 2 is 0.682 bits per heavy atom. The van der Waals surface area contributed by atoms with Gasteiger partial charge < -0.3 is 4.90 Å². The molecule has 1 nitrogen and oxygen atoms in total. The van der Waals surface area contributed by atoms with E-state index in [0.717, 1.165) is 17.1 Å². The number of benzene rings is 10. The largest absolute Gasteiger partial charge is 0.310 e. The number of anilines is 3. The number of hydrogen-bond acceptors (Lipinski definition) is 1. The Kier molecular flexibility index (Phi) is 8.45. The second-order valence-corrected chi connectivity index (χ2v) is 18.8. The van der Waals surface area contributed by atoms with Gasteiger partial charge in [0.15, 0.2) is 0 Å². The standard InChI is InChI=1S/C65H47N/c1-63(2)58-33-16-18-35-60(58)65(61-36-19-17-34-59(61)63)56-32-15-13-30-52(56)54-42-49(38-40-57(54)65)66(48-28-20-23-45(41-48)44-21-6-3-7-22-44)50-37-39-53-51-29-12-14-31-55(51)64(62(53)43-50,46-24-8-4-9-25-46)47-26-10-5-11-27-47/h3-43H,1-2H3. The zero-order valence-electron chi connectivity index (χ0n) is 37.1. The van der Waals surface area contributed by atoms with Crippen molar-refractivity contribution in [2.45, 2.75) is 30.1 Å². The summed E-state index contributed by atoms with van der Waals surface area (Å²) in [4.78, 5) is 2.50. The van der Waals surface area contributed by atoms with Gasteiger partial charge in [-0.1, -0.05) is 226 Å². The van der Waals surface area contributed by atoms with Crippen molar-refractivity contribution in [3.63, 3.8) is 0 Å². The first-order valence-electron chi connectivity index (χ1n) is 23.3. The number of fused-ring (bicyclic) bond motifs is 12. The minimum atomic E-state index is -0.527. The SMILES string of the molecule is CC1(C)c2ccccc2C2(c3ccccc3-c3cc(N(c4cccc(-c5ccccc5)c4)c4ccc5c(c4)C(c4ccccc4)(c4ccccc4)c4ccccc4-5)ccc32)c2ccccc21. The van der Waals surface area contributed by atoms with Crippen molar-refractivity contribution in [3.05, 3.63) is 304 Å². The molecule has 10 aromatic carbocycles. The van der Waals surface area contributed by atoms with E-state index in [4.69, 9.17) is 0 Å². The highest BCUT2D eigenvalue weighted by Gasteiger charge is 2.53. The minimum absolute atomic E-state index is 0.154. The molecule has 0 radical (unpaired) electrons.